The van der Waals surface area contributed by atoms with Crippen LogP contribution < -0.4 is 11.2 Å². The van der Waals surface area contributed by atoms with Gasteiger partial charge in [0.1, 0.15) is 5.76 Å². The third kappa shape index (κ3) is 3.67. The van der Waals surface area contributed by atoms with Crippen molar-refractivity contribution in [2.45, 2.75) is 9.99 Å². The molecule has 18 heavy (non-hydrogen) atoms. The standard InChI is InChI=1S/C12H11N3O2S/c13-12(16)15-14-8-9-6-7-11(17-9)18-10-4-2-1-3-5-10/h1-8H,(H3,13,15,16). The van der Waals surface area contributed by atoms with Crippen molar-refractivity contribution in [2.24, 2.45) is 10.8 Å². The molecule has 0 bridgehead atoms. The summed E-state index contributed by atoms with van der Waals surface area (Å²) in [7, 11) is 0. The van der Waals surface area contributed by atoms with Crippen LogP contribution in [0.5, 0.6) is 0 Å². The summed E-state index contributed by atoms with van der Waals surface area (Å²) in [5.74, 6) is 0.544. The lowest BCUT2D eigenvalue weighted by atomic mass is 10.4. The smallest absolute Gasteiger partial charge is 0.332 e. The van der Waals surface area contributed by atoms with Crippen LogP contribution in [0.15, 0.2) is 62.0 Å². The SMILES string of the molecule is NC(=O)NN=Cc1ccc(Sc2ccccc2)o1. The van der Waals surface area contributed by atoms with Gasteiger partial charge >= 0.3 is 6.03 Å². The zero-order valence-electron chi connectivity index (χ0n) is 9.37. The average molecular weight is 261 g/mol. The third-order valence-electron chi connectivity index (χ3n) is 1.93. The number of urea groups is 1. The number of benzene rings is 1. The first-order valence-corrected chi connectivity index (χ1v) is 5.97. The Kier molecular flexibility index (Phi) is 4.03. The van der Waals surface area contributed by atoms with E-state index < -0.39 is 6.03 Å². The van der Waals surface area contributed by atoms with E-state index in [-0.39, 0.29) is 0 Å². The molecule has 0 saturated carbocycles. The van der Waals surface area contributed by atoms with Crippen LogP contribution in [0.2, 0.25) is 0 Å². The van der Waals surface area contributed by atoms with E-state index in [1.807, 2.05) is 36.4 Å². The quantitative estimate of drug-likeness (QED) is 0.655. The number of primary amides is 1. The van der Waals surface area contributed by atoms with Gasteiger partial charge in [-0.3, -0.25) is 0 Å². The summed E-state index contributed by atoms with van der Waals surface area (Å²) < 4.78 is 5.49. The number of nitrogens with zero attached hydrogens (tertiary/aromatic N) is 1. The number of nitrogens with one attached hydrogen (secondary N) is 1. The van der Waals surface area contributed by atoms with Gasteiger partial charge in [0.2, 0.25) is 0 Å². The topological polar surface area (TPSA) is 80.6 Å². The Hall–Kier alpha value is -2.21. The van der Waals surface area contributed by atoms with Gasteiger partial charge in [-0.15, -0.1) is 0 Å². The fraction of sp³-hybridized carbons (Fsp3) is 0. The molecule has 2 amide bonds. The number of amides is 2. The largest absolute Gasteiger partial charge is 0.448 e. The lowest BCUT2D eigenvalue weighted by Crippen LogP contribution is -2.24. The highest BCUT2D eigenvalue weighted by Gasteiger charge is 2.02. The highest BCUT2D eigenvalue weighted by atomic mass is 32.2. The third-order valence-corrected chi connectivity index (χ3v) is 2.86. The van der Waals surface area contributed by atoms with Gasteiger partial charge in [-0.2, -0.15) is 5.10 Å². The molecule has 0 aliphatic heterocycles. The number of hydrogen-bond donors (Lipinski definition) is 2. The van der Waals surface area contributed by atoms with Crippen molar-refractivity contribution in [3.8, 4) is 0 Å². The van der Waals surface area contributed by atoms with Crippen LogP contribution in [-0.4, -0.2) is 12.2 Å². The van der Waals surface area contributed by atoms with Crippen LogP contribution in [0.25, 0.3) is 0 Å². The van der Waals surface area contributed by atoms with Crippen molar-refractivity contribution in [2.75, 3.05) is 0 Å². The second-order valence-electron chi connectivity index (χ2n) is 3.31. The van der Waals surface area contributed by atoms with E-state index in [2.05, 4.69) is 10.5 Å². The predicted octanol–water partition coefficient (Wildman–Crippen LogP) is 2.43. The average Bonchev–Trinajstić information content (AvgIpc) is 2.78. The highest BCUT2D eigenvalue weighted by molar-refractivity contribution is 7.99. The van der Waals surface area contributed by atoms with Crippen molar-refractivity contribution >= 4 is 24.0 Å². The molecular formula is C12H11N3O2S. The van der Waals surface area contributed by atoms with Crippen molar-refractivity contribution in [1.82, 2.24) is 5.43 Å². The molecule has 5 nitrogen and oxygen atoms in total. The normalized spacial score (nSPS) is 10.7. The molecule has 3 N–H and O–H groups in total. The van der Waals surface area contributed by atoms with E-state index >= 15 is 0 Å². The Balaban J connectivity index is 1.98. The first-order chi connectivity index (χ1) is 8.74. The Bertz CT molecular complexity index is 551. The highest BCUT2D eigenvalue weighted by Crippen LogP contribution is 2.28. The summed E-state index contributed by atoms with van der Waals surface area (Å²) >= 11 is 1.51. The van der Waals surface area contributed by atoms with Crippen molar-refractivity contribution in [1.29, 1.82) is 0 Å². The van der Waals surface area contributed by atoms with Gasteiger partial charge in [-0.05, 0) is 24.3 Å². The molecule has 92 valence electrons. The van der Waals surface area contributed by atoms with Gasteiger partial charge in [0.25, 0.3) is 0 Å². The Morgan fingerprint density at radius 2 is 2.06 bits per heavy atom. The van der Waals surface area contributed by atoms with Crippen LogP contribution in [0.1, 0.15) is 5.76 Å². The van der Waals surface area contributed by atoms with Gasteiger partial charge < -0.3 is 10.2 Å². The summed E-state index contributed by atoms with van der Waals surface area (Å²) in [5.41, 5.74) is 6.96. The molecule has 0 saturated heterocycles. The Labute approximate surface area is 108 Å². The van der Waals surface area contributed by atoms with Crippen molar-refractivity contribution < 1.29 is 9.21 Å². The minimum atomic E-state index is -0.711. The molecule has 0 radical (unpaired) electrons. The number of hydrazone groups is 1. The van der Waals surface area contributed by atoms with Crippen LogP contribution in [0.4, 0.5) is 4.79 Å². The zero-order valence-corrected chi connectivity index (χ0v) is 10.2. The van der Waals surface area contributed by atoms with Crippen molar-refractivity contribution in [3.05, 3.63) is 48.2 Å². The van der Waals surface area contributed by atoms with Gasteiger partial charge in [-0.25, -0.2) is 10.2 Å². The minimum Gasteiger partial charge on any atom is -0.448 e. The van der Waals surface area contributed by atoms with Gasteiger partial charge in [-0.1, -0.05) is 30.0 Å². The molecule has 0 fully saturated rings. The van der Waals surface area contributed by atoms with E-state index in [4.69, 9.17) is 10.2 Å². The number of furan rings is 1. The number of nitrogens with two attached hydrogens (primary N) is 1. The number of rotatable bonds is 4. The minimum absolute atomic E-state index is 0.544. The fourth-order valence-corrected chi connectivity index (χ4v) is 2.02. The van der Waals surface area contributed by atoms with Crippen LogP contribution in [-0.2, 0) is 0 Å². The Morgan fingerprint density at radius 1 is 1.28 bits per heavy atom. The predicted molar refractivity (Wildman–Crippen MR) is 69.6 cm³/mol. The molecule has 1 aromatic carbocycles. The summed E-state index contributed by atoms with van der Waals surface area (Å²) in [6.45, 7) is 0. The molecule has 1 heterocycles. The molecular weight excluding hydrogens is 250 g/mol. The zero-order chi connectivity index (χ0) is 12.8. The molecule has 2 aromatic rings. The van der Waals surface area contributed by atoms with Gasteiger partial charge in [0.15, 0.2) is 5.09 Å². The number of carbonyl (C=O) groups excluding carboxylic acids is 1. The molecule has 1 aromatic heterocycles. The number of hydrogen-bond acceptors (Lipinski definition) is 4. The monoisotopic (exact) mass is 261 g/mol. The van der Waals surface area contributed by atoms with Crippen LogP contribution >= 0.6 is 11.8 Å². The fourth-order valence-electron chi connectivity index (χ4n) is 1.22. The van der Waals surface area contributed by atoms with Gasteiger partial charge in [0.05, 0.1) is 6.21 Å². The summed E-state index contributed by atoms with van der Waals surface area (Å²) in [6, 6.07) is 12.8. The molecule has 2 rings (SSSR count). The molecule has 0 spiro atoms. The van der Waals surface area contributed by atoms with Crippen molar-refractivity contribution in [3.63, 3.8) is 0 Å². The first kappa shape index (κ1) is 12.3. The molecule has 6 heteroatoms. The number of carbonyl (C=O) groups is 1. The van der Waals surface area contributed by atoms with E-state index in [1.54, 1.807) is 6.07 Å². The summed E-state index contributed by atoms with van der Waals surface area (Å²) in [5, 5.41) is 4.36. The first-order valence-electron chi connectivity index (χ1n) is 5.15. The molecule has 0 aliphatic carbocycles. The van der Waals surface area contributed by atoms with E-state index in [1.165, 1.54) is 18.0 Å². The summed E-state index contributed by atoms with van der Waals surface area (Å²) in [4.78, 5) is 11.5. The van der Waals surface area contributed by atoms with E-state index in [0.717, 1.165) is 9.99 Å². The van der Waals surface area contributed by atoms with E-state index in [0.29, 0.717) is 5.76 Å². The van der Waals surface area contributed by atoms with Gasteiger partial charge in [0, 0.05) is 4.90 Å². The molecule has 0 atom stereocenters. The van der Waals surface area contributed by atoms with Crippen LogP contribution in [0, 0.1) is 0 Å². The molecule has 0 aliphatic rings. The maximum absolute atomic E-state index is 10.4. The maximum atomic E-state index is 10.4. The molecule has 0 unspecified atom stereocenters. The van der Waals surface area contributed by atoms with E-state index in [9.17, 15) is 4.79 Å². The lowest BCUT2D eigenvalue weighted by Gasteiger charge is -1.95. The second kappa shape index (κ2) is 5.92. The maximum Gasteiger partial charge on any atom is 0.332 e. The summed E-state index contributed by atoms with van der Waals surface area (Å²) in [6.07, 6.45) is 1.39. The lowest BCUT2D eigenvalue weighted by molar-refractivity contribution is 0.249. The Morgan fingerprint density at radius 3 is 2.78 bits per heavy atom. The van der Waals surface area contributed by atoms with Crippen LogP contribution in [0.3, 0.4) is 0 Å². The second-order valence-corrected chi connectivity index (χ2v) is 4.38.